The number of aromatic nitrogens is 2. The van der Waals surface area contributed by atoms with Gasteiger partial charge in [0.2, 0.25) is 5.91 Å². The largest absolute Gasteiger partial charge is 0.493 e. The molecule has 25 heavy (non-hydrogen) atoms. The molecule has 2 heterocycles. The van der Waals surface area contributed by atoms with Crippen molar-refractivity contribution in [3.8, 4) is 11.4 Å². The van der Waals surface area contributed by atoms with Crippen LogP contribution in [-0.4, -0.2) is 22.3 Å². The summed E-state index contributed by atoms with van der Waals surface area (Å²) in [7, 11) is 0. The SMILES string of the molecule is Cc1cnn(-c2ccccc2)c1NC(=O)[C@H]1CCOc2ccccc21. The quantitative estimate of drug-likeness (QED) is 0.795. The van der Waals surface area contributed by atoms with E-state index in [0.717, 1.165) is 22.6 Å². The molecule has 0 saturated carbocycles. The molecule has 1 aliphatic heterocycles. The van der Waals surface area contributed by atoms with Gasteiger partial charge in [-0.2, -0.15) is 5.10 Å². The molecule has 5 nitrogen and oxygen atoms in total. The number of para-hydroxylation sites is 2. The van der Waals surface area contributed by atoms with Crippen LogP contribution in [-0.2, 0) is 4.79 Å². The molecule has 0 fully saturated rings. The van der Waals surface area contributed by atoms with Gasteiger partial charge >= 0.3 is 0 Å². The van der Waals surface area contributed by atoms with Crippen LogP contribution < -0.4 is 10.1 Å². The van der Waals surface area contributed by atoms with Crippen molar-refractivity contribution in [2.45, 2.75) is 19.3 Å². The summed E-state index contributed by atoms with van der Waals surface area (Å²) in [6.07, 6.45) is 2.43. The highest BCUT2D eigenvalue weighted by molar-refractivity contribution is 5.96. The zero-order valence-electron chi connectivity index (χ0n) is 14.0. The van der Waals surface area contributed by atoms with Crippen molar-refractivity contribution in [3.05, 3.63) is 71.9 Å². The summed E-state index contributed by atoms with van der Waals surface area (Å²) in [5, 5.41) is 7.48. The molecular formula is C20H19N3O2. The molecule has 0 unspecified atom stereocenters. The van der Waals surface area contributed by atoms with Crippen LogP contribution in [0.2, 0.25) is 0 Å². The van der Waals surface area contributed by atoms with E-state index >= 15 is 0 Å². The summed E-state index contributed by atoms with van der Waals surface area (Å²) in [5.74, 6) is 1.25. The van der Waals surface area contributed by atoms with Crippen LogP contribution in [0.15, 0.2) is 60.8 Å². The zero-order valence-corrected chi connectivity index (χ0v) is 14.0. The lowest BCUT2D eigenvalue weighted by Crippen LogP contribution is -2.27. The number of rotatable bonds is 3. The summed E-state index contributed by atoms with van der Waals surface area (Å²) in [6.45, 7) is 2.49. The maximum atomic E-state index is 13.0. The number of aryl methyl sites for hydroxylation is 1. The van der Waals surface area contributed by atoms with Crippen molar-refractivity contribution in [1.82, 2.24) is 9.78 Å². The number of nitrogens with zero attached hydrogens (tertiary/aromatic N) is 2. The molecule has 1 aromatic heterocycles. The van der Waals surface area contributed by atoms with Gasteiger partial charge in [0.15, 0.2) is 0 Å². The van der Waals surface area contributed by atoms with E-state index in [1.165, 1.54) is 0 Å². The molecule has 2 aromatic carbocycles. The lowest BCUT2D eigenvalue weighted by molar-refractivity contribution is -0.118. The van der Waals surface area contributed by atoms with Crippen LogP contribution in [0.3, 0.4) is 0 Å². The highest BCUT2D eigenvalue weighted by Crippen LogP contribution is 2.34. The Hall–Kier alpha value is -3.08. The average Bonchev–Trinajstić information content (AvgIpc) is 3.02. The van der Waals surface area contributed by atoms with Crippen molar-refractivity contribution in [3.63, 3.8) is 0 Å². The van der Waals surface area contributed by atoms with Gasteiger partial charge in [-0.15, -0.1) is 0 Å². The highest BCUT2D eigenvalue weighted by atomic mass is 16.5. The lowest BCUT2D eigenvalue weighted by Gasteiger charge is -2.25. The molecule has 0 spiro atoms. The number of anilines is 1. The normalized spacial score (nSPS) is 16.0. The first-order valence-corrected chi connectivity index (χ1v) is 8.36. The van der Waals surface area contributed by atoms with E-state index in [1.54, 1.807) is 10.9 Å². The first-order valence-electron chi connectivity index (χ1n) is 8.36. The topological polar surface area (TPSA) is 56.2 Å². The number of carbonyl (C=O) groups excluding carboxylic acids is 1. The molecule has 3 aromatic rings. The number of fused-ring (bicyclic) bond motifs is 1. The second-order valence-electron chi connectivity index (χ2n) is 6.14. The third-order valence-corrected chi connectivity index (χ3v) is 4.47. The Balaban J connectivity index is 1.64. The predicted octanol–water partition coefficient (Wildman–Crippen LogP) is 3.69. The highest BCUT2D eigenvalue weighted by Gasteiger charge is 2.28. The van der Waals surface area contributed by atoms with Crippen LogP contribution in [0.25, 0.3) is 5.69 Å². The van der Waals surface area contributed by atoms with E-state index in [2.05, 4.69) is 10.4 Å². The third-order valence-electron chi connectivity index (χ3n) is 4.47. The fraction of sp³-hybridized carbons (Fsp3) is 0.200. The van der Waals surface area contributed by atoms with E-state index in [4.69, 9.17) is 4.74 Å². The summed E-state index contributed by atoms with van der Waals surface area (Å²) < 4.78 is 7.42. The van der Waals surface area contributed by atoms with Crippen LogP contribution in [0.5, 0.6) is 5.75 Å². The lowest BCUT2D eigenvalue weighted by atomic mass is 9.92. The molecular weight excluding hydrogens is 314 g/mol. The molecule has 0 bridgehead atoms. The van der Waals surface area contributed by atoms with Crippen LogP contribution in [0.4, 0.5) is 5.82 Å². The van der Waals surface area contributed by atoms with Gasteiger partial charge < -0.3 is 10.1 Å². The Labute approximate surface area is 146 Å². The van der Waals surface area contributed by atoms with Crippen LogP contribution >= 0.6 is 0 Å². The molecule has 0 radical (unpaired) electrons. The third kappa shape index (κ3) is 2.89. The minimum atomic E-state index is -0.219. The van der Waals surface area contributed by atoms with Crippen LogP contribution in [0.1, 0.15) is 23.5 Å². The van der Waals surface area contributed by atoms with Gasteiger partial charge in [-0.3, -0.25) is 4.79 Å². The fourth-order valence-corrected chi connectivity index (χ4v) is 3.16. The first-order chi connectivity index (χ1) is 12.2. The van der Waals surface area contributed by atoms with Gasteiger partial charge in [0.25, 0.3) is 0 Å². The summed E-state index contributed by atoms with van der Waals surface area (Å²) >= 11 is 0. The van der Waals surface area contributed by atoms with Gasteiger partial charge in [-0.05, 0) is 31.5 Å². The van der Waals surface area contributed by atoms with Gasteiger partial charge in [0.05, 0.1) is 24.4 Å². The molecule has 1 amide bonds. The maximum absolute atomic E-state index is 13.0. The molecule has 1 aliphatic rings. The second kappa shape index (κ2) is 6.43. The Morgan fingerprint density at radius 2 is 1.92 bits per heavy atom. The number of nitrogens with one attached hydrogen (secondary N) is 1. The predicted molar refractivity (Wildman–Crippen MR) is 96.2 cm³/mol. The Bertz CT molecular complexity index is 902. The monoisotopic (exact) mass is 333 g/mol. The minimum absolute atomic E-state index is 0.0310. The molecule has 4 rings (SSSR count). The van der Waals surface area contributed by atoms with Gasteiger partial charge in [-0.1, -0.05) is 36.4 Å². The maximum Gasteiger partial charge on any atom is 0.233 e. The van der Waals surface area contributed by atoms with Crippen molar-refractivity contribution < 1.29 is 9.53 Å². The summed E-state index contributed by atoms with van der Waals surface area (Å²) in [5.41, 5.74) is 2.78. The second-order valence-corrected chi connectivity index (χ2v) is 6.14. The summed E-state index contributed by atoms with van der Waals surface area (Å²) in [4.78, 5) is 13.0. The number of ether oxygens (including phenoxy) is 1. The van der Waals surface area contributed by atoms with Crippen molar-refractivity contribution >= 4 is 11.7 Å². The molecule has 1 N–H and O–H groups in total. The smallest absolute Gasteiger partial charge is 0.233 e. The number of hydrogen-bond acceptors (Lipinski definition) is 3. The van der Waals surface area contributed by atoms with E-state index in [-0.39, 0.29) is 11.8 Å². The Morgan fingerprint density at radius 3 is 2.76 bits per heavy atom. The number of carbonyl (C=O) groups is 1. The number of hydrogen-bond donors (Lipinski definition) is 1. The standard InChI is InChI=1S/C20H19N3O2/c1-14-13-21-23(15-7-3-2-4-8-15)19(14)22-20(24)17-11-12-25-18-10-6-5-9-16(17)18/h2-10,13,17H,11-12H2,1H3,(H,22,24)/t17-/m0/s1. The molecule has 0 aliphatic carbocycles. The average molecular weight is 333 g/mol. The van der Waals surface area contributed by atoms with Gasteiger partial charge in [0, 0.05) is 11.1 Å². The summed E-state index contributed by atoms with van der Waals surface area (Å²) in [6, 6.07) is 17.5. The number of amides is 1. The van der Waals surface area contributed by atoms with E-state index in [0.29, 0.717) is 18.8 Å². The van der Waals surface area contributed by atoms with Crippen molar-refractivity contribution in [2.75, 3.05) is 11.9 Å². The van der Waals surface area contributed by atoms with Crippen molar-refractivity contribution in [2.24, 2.45) is 0 Å². The number of benzene rings is 2. The molecule has 5 heteroatoms. The van der Waals surface area contributed by atoms with E-state index in [9.17, 15) is 4.79 Å². The minimum Gasteiger partial charge on any atom is -0.493 e. The molecule has 0 saturated heterocycles. The molecule has 1 atom stereocenters. The Morgan fingerprint density at radius 1 is 1.16 bits per heavy atom. The van der Waals surface area contributed by atoms with Gasteiger partial charge in [0.1, 0.15) is 11.6 Å². The first kappa shape index (κ1) is 15.4. The van der Waals surface area contributed by atoms with Gasteiger partial charge in [-0.25, -0.2) is 4.68 Å². The molecule has 126 valence electrons. The fourth-order valence-electron chi connectivity index (χ4n) is 3.16. The Kier molecular flexibility index (Phi) is 3.98. The van der Waals surface area contributed by atoms with Crippen LogP contribution in [0, 0.1) is 6.92 Å². The zero-order chi connectivity index (χ0) is 17.2. The van der Waals surface area contributed by atoms with E-state index < -0.39 is 0 Å². The van der Waals surface area contributed by atoms with Crippen molar-refractivity contribution in [1.29, 1.82) is 0 Å². The van der Waals surface area contributed by atoms with E-state index in [1.807, 2.05) is 61.5 Å².